The van der Waals surface area contributed by atoms with Gasteiger partial charge in [0, 0.05) is 97.6 Å². The molecule has 4 aliphatic heterocycles. The average Bonchev–Trinajstić information content (AvgIpc) is 3.18. The van der Waals surface area contributed by atoms with Gasteiger partial charge in [-0.1, -0.05) is 12.1 Å². The summed E-state index contributed by atoms with van der Waals surface area (Å²) in [7, 11) is 8.70. The number of rotatable bonds is 4. The Hall–Kier alpha value is -5.28. The predicted molar refractivity (Wildman–Crippen MR) is 244 cm³/mol. The molecule has 10 N–H and O–H groups in total. The number of phenols is 2. The molecular weight excluding hydrogens is 729 g/mol. The Morgan fingerprint density at radius 3 is 1.43 bits per heavy atom. The van der Waals surface area contributed by atoms with E-state index < -0.39 is 0 Å². The fourth-order valence-corrected chi connectivity index (χ4v) is 8.38. The zero-order valence-electron chi connectivity index (χ0n) is 36.0. The van der Waals surface area contributed by atoms with Gasteiger partial charge in [0.1, 0.15) is 11.5 Å². The normalized spacial score (nSPS) is 16.7. The summed E-state index contributed by atoms with van der Waals surface area (Å²) in [5.74, 6) is 0.509. The van der Waals surface area contributed by atoms with Crippen LogP contribution in [0.2, 0.25) is 0 Å². The number of nitrogen functional groups attached to an aromatic ring is 4. The minimum Gasteiger partial charge on any atom is -0.506 e. The predicted octanol–water partition coefficient (Wildman–Crippen LogP) is 5.40. The number of nitrogens with zero attached hydrogens (tertiary/aromatic N) is 8. The van der Waals surface area contributed by atoms with Crippen molar-refractivity contribution < 1.29 is 10.2 Å². The van der Waals surface area contributed by atoms with Gasteiger partial charge in [0.05, 0.1) is 38.0 Å². The van der Waals surface area contributed by atoms with Gasteiger partial charge < -0.3 is 52.7 Å². The summed E-state index contributed by atoms with van der Waals surface area (Å²) in [5, 5.41) is 19.4. The van der Waals surface area contributed by atoms with Crippen molar-refractivity contribution in [2.75, 3.05) is 124 Å². The molecule has 58 heavy (non-hydrogen) atoms. The summed E-state index contributed by atoms with van der Waals surface area (Å²) in [6.45, 7) is 20.7. The van der Waals surface area contributed by atoms with E-state index in [0.29, 0.717) is 28.5 Å². The van der Waals surface area contributed by atoms with E-state index >= 15 is 0 Å². The monoisotopic (exact) mass is 797 g/mol. The zero-order valence-corrected chi connectivity index (χ0v) is 36.0. The second-order valence-electron chi connectivity index (χ2n) is 15.8. The summed E-state index contributed by atoms with van der Waals surface area (Å²) in [6.07, 6.45) is 0. The van der Waals surface area contributed by atoms with E-state index in [9.17, 15) is 5.11 Å². The standard InChI is InChI=1S/C16H26N4O.C16H26N4.C6H8N2O.C6H8N2/c1-5-19-10-17(3)8-12-7-14(21)16-13(15(12)19)9-18(4)11-20(16)6-2;1-5-19-11-18(4)10-14-15(19)8-7-13-9-17(3)12-20(6-2)16(13)14;7-4-1-2-6(9)5(8)3-4;7-5-2-1-3-6(8)4-5/h7,21H,5-6,8-11H2,1-4H3;7-8H,5-6,9-12H2,1-4H3;1-3,9H,7-8H2;1-4H,7-8H2. The molecule has 0 aromatic heterocycles. The van der Waals surface area contributed by atoms with Crippen molar-refractivity contribution in [1.29, 1.82) is 0 Å². The molecule has 0 saturated heterocycles. The first-order chi connectivity index (χ1) is 27.7. The summed E-state index contributed by atoms with van der Waals surface area (Å²) >= 11 is 0. The van der Waals surface area contributed by atoms with Crippen molar-refractivity contribution in [3.63, 3.8) is 0 Å². The molecule has 8 rings (SSSR count). The Morgan fingerprint density at radius 2 is 0.931 bits per heavy atom. The van der Waals surface area contributed by atoms with Gasteiger partial charge in [0.15, 0.2) is 0 Å². The molecule has 14 heteroatoms. The minimum absolute atomic E-state index is 0.0733. The first-order valence-electron chi connectivity index (χ1n) is 20.4. The summed E-state index contributed by atoms with van der Waals surface area (Å²) < 4.78 is 0. The molecule has 4 heterocycles. The van der Waals surface area contributed by atoms with Crippen LogP contribution in [0.3, 0.4) is 0 Å². The van der Waals surface area contributed by atoms with E-state index in [1.807, 2.05) is 12.1 Å². The Bertz CT molecular complexity index is 1980. The van der Waals surface area contributed by atoms with Crippen molar-refractivity contribution in [1.82, 2.24) is 19.6 Å². The molecule has 0 unspecified atom stereocenters. The second kappa shape index (κ2) is 19.4. The molecule has 0 bridgehead atoms. The minimum atomic E-state index is 0.0733. The number of benzene rings is 4. The van der Waals surface area contributed by atoms with Gasteiger partial charge in [0.2, 0.25) is 0 Å². The van der Waals surface area contributed by atoms with Crippen LogP contribution in [-0.2, 0) is 26.2 Å². The highest BCUT2D eigenvalue weighted by atomic mass is 16.3. The third-order valence-electron chi connectivity index (χ3n) is 10.9. The van der Waals surface area contributed by atoms with E-state index in [1.165, 1.54) is 51.4 Å². The smallest absolute Gasteiger partial charge is 0.139 e. The van der Waals surface area contributed by atoms with Crippen molar-refractivity contribution >= 4 is 45.5 Å². The SMILES string of the molecule is CCN1CN(C)Cc2c1c(O)cc1c2N(CC)CN(C)C1.CCN1CN(C)Cc2c1ccc1c2N(CC)CN(C)C1.Nc1ccc(O)c(N)c1.Nc1cccc(N)c1. The van der Waals surface area contributed by atoms with Crippen LogP contribution >= 0.6 is 0 Å². The number of nitrogens with two attached hydrogens (primary N) is 4. The molecule has 4 aliphatic rings. The van der Waals surface area contributed by atoms with E-state index in [0.717, 1.165) is 84.7 Å². The Labute approximate surface area is 346 Å². The van der Waals surface area contributed by atoms with Gasteiger partial charge in [-0.25, -0.2) is 0 Å². The highest BCUT2D eigenvalue weighted by Crippen LogP contribution is 2.45. The van der Waals surface area contributed by atoms with Gasteiger partial charge >= 0.3 is 0 Å². The van der Waals surface area contributed by atoms with Crippen LogP contribution in [0.1, 0.15) is 49.9 Å². The van der Waals surface area contributed by atoms with Gasteiger partial charge in [-0.3, -0.25) is 19.6 Å². The van der Waals surface area contributed by atoms with Crippen LogP contribution in [0.4, 0.5) is 45.5 Å². The number of anilines is 8. The maximum absolute atomic E-state index is 10.5. The van der Waals surface area contributed by atoms with Gasteiger partial charge in [-0.05, 0) is 116 Å². The number of aromatic hydroxyl groups is 2. The molecule has 316 valence electrons. The molecule has 0 fully saturated rings. The molecule has 4 aromatic carbocycles. The lowest BCUT2D eigenvalue weighted by molar-refractivity contribution is 0.293. The highest BCUT2D eigenvalue weighted by Gasteiger charge is 2.32. The van der Waals surface area contributed by atoms with Crippen molar-refractivity contribution in [2.24, 2.45) is 0 Å². The van der Waals surface area contributed by atoms with Crippen molar-refractivity contribution in [2.45, 2.75) is 53.9 Å². The Balaban J connectivity index is 0.000000160. The molecule has 14 nitrogen and oxygen atoms in total. The molecule has 0 radical (unpaired) electrons. The zero-order chi connectivity index (χ0) is 42.3. The number of fused-ring (bicyclic) bond motifs is 6. The van der Waals surface area contributed by atoms with Crippen LogP contribution in [0.25, 0.3) is 0 Å². The molecule has 0 atom stereocenters. The number of hydrogen-bond donors (Lipinski definition) is 6. The average molecular weight is 797 g/mol. The third-order valence-corrected chi connectivity index (χ3v) is 10.9. The molecule has 0 aliphatic carbocycles. The molecule has 4 aromatic rings. The van der Waals surface area contributed by atoms with Crippen molar-refractivity contribution in [3.8, 4) is 11.5 Å². The fraction of sp³-hybridized carbons (Fsp3) is 0.455. The highest BCUT2D eigenvalue weighted by molar-refractivity contribution is 5.78. The first kappa shape index (κ1) is 43.8. The summed E-state index contributed by atoms with van der Waals surface area (Å²) in [4.78, 5) is 19.1. The van der Waals surface area contributed by atoms with E-state index in [4.69, 9.17) is 28.0 Å². The Morgan fingerprint density at radius 1 is 0.466 bits per heavy atom. The van der Waals surface area contributed by atoms with E-state index in [2.05, 4.69) is 107 Å². The maximum atomic E-state index is 10.5. The van der Waals surface area contributed by atoms with E-state index in [1.54, 1.807) is 24.3 Å². The first-order valence-corrected chi connectivity index (χ1v) is 20.4. The van der Waals surface area contributed by atoms with Crippen LogP contribution in [0.15, 0.2) is 60.7 Å². The van der Waals surface area contributed by atoms with Gasteiger partial charge in [0.25, 0.3) is 0 Å². The van der Waals surface area contributed by atoms with Crippen LogP contribution in [0.5, 0.6) is 11.5 Å². The lowest BCUT2D eigenvalue weighted by Gasteiger charge is -2.43. The maximum Gasteiger partial charge on any atom is 0.139 e. The number of hydrogen-bond acceptors (Lipinski definition) is 14. The second-order valence-corrected chi connectivity index (χ2v) is 15.8. The lowest BCUT2D eigenvalue weighted by atomic mass is 9.98. The third kappa shape index (κ3) is 10.2. The quantitative estimate of drug-likeness (QED) is 0.0882. The molecule has 0 spiro atoms. The molecular formula is C44H68N12O2. The topological polar surface area (TPSA) is 170 Å². The number of phenolic OH excluding ortho intramolecular Hbond substituents is 2. The Kier molecular flexibility index (Phi) is 14.7. The van der Waals surface area contributed by atoms with Crippen molar-refractivity contribution in [3.05, 3.63) is 82.9 Å². The lowest BCUT2D eigenvalue weighted by Crippen LogP contribution is -2.44. The summed E-state index contributed by atoms with van der Waals surface area (Å²) in [6, 6.07) is 18.3. The molecule has 0 amide bonds. The largest absolute Gasteiger partial charge is 0.506 e. The molecule has 0 saturated carbocycles. The van der Waals surface area contributed by atoms with Gasteiger partial charge in [-0.2, -0.15) is 0 Å². The van der Waals surface area contributed by atoms with E-state index in [-0.39, 0.29) is 5.75 Å². The van der Waals surface area contributed by atoms with Crippen LogP contribution < -0.4 is 42.5 Å². The summed E-state index contributed by atoms with van der Waals surface area (Å²) in [5.41, 5.74) is 34.5. The fourth-order valence-electron chi connectivity index (χ4n) is 8.38. The van der Waals surface area contributed by atoms with Crippen LogP contribution in [0, 0.1) is 0 Å². The van der Waals surface area contributed by atoms with Gasteiger partial charge in [-0.15, -0.1) is 0 Å². The van der Waals surface area contributed by atoms with Crippen LogP contribution in [-0.4, -0.2) is 111 Å².